The molecule has 0 saturated heterocycles. The second-order valence-corrected chi connectivity index (χ2v) is 4.64. The number of halogens is 1. The summed E-state index contributed by atoms with van der Waals surface area (Å²) in [6.45, 7) is 2.07. The first kappa shape index (κ1) is 15.5. The molecule has 0 spiro atoms. The third kappa shape index (κ3) is 4.27. The van der Waals surface area contributed by atoms with Gasteiger partial charge in [-0.25, -0.2) is 9.37 Å². The van der Waals surface area contributed by atoms with E-state index in [4.69, 9.17) is 9.47 Å². The van der Waals surface area contributed by atoms with Crippen LogP contribution in [0, 0.1) is 5.82 Å². The van der Waals surface area contributed by atoms with E-state index < -0.39 is 0 Å². The SMILES string of the molecule is COCCNCc1cccc(F)c1OCc1nccn1C. The fourth-order valence-corrected chi connectivity index (χ4v) is 1.92. The molecular weight excluding hydrogens is 273 g/mol. The fraction of sp³-hybridized carbons (Fsp3) is 0.400. The second-order valence-electron chi connectivity index (χ2n) is 4.64. The van der Waals surface area contributed by atoms with Crippen LogP contribution in [0.3, 0.4) is 0 Å². The van der Waals surface area contributed by atoms with Crippen molar-refractivity contribution < 1.29 is 13.9 Å². The number of para-hydroxylation sites is 1. The molecule has 0 bridgehead atoms. The number of ether oxygens (including phenoxy) is 2. The highest BCUT2D eigenvalue weighted by molar-refractivity contribution is 5.35. The number of methoxy groups -OCH3 is 1. The summed E-state index contributed by atoms with van der Waals surface area (Å²) in [6.07, 6.45) is 3.51. The molecule has 114 valence electrons. The molecule has 1 aromatic heterocycles. The monoisotopic (exact) mass is 293 g/mol. The molecule has 0 aliphatic rings. The molecule has 1 N–H and O–H groups in total. The van der Waals surface area contributed by atoms with Gasteiger partial charge in [-0.1, -0.05) is 12.1 Å². The van der Waals surface area contributed by atoms with E-state index in [1.807, 2.05) is 23.9 Å². The first-order valence-electron chi connectivity index (χ1n) is 6.78. The van der Waals surface area contributed by atoms with Gasteiger partial charge in [0.1, 0.15) is 12.4 Å². The Morgan fingerprint density at radius 1 is 1.38 bits per heavy atom. The van der Waals surface area contributed by atoms with Crippen LogP contribution in [0.2, 0.25) is 0 Å². The minimum absolute atomic E-state index is 0.232. The van der Waals surface area contributed by atoms with Crippen molar-refractivity contribution in [1.29, 1.82) is 0 Å². The number of aromatic nitrogens is 2. The Balaban J connectivity index is 2.01. The maximum absolute atomic E-state index is 14.0. The average molecular weight is 293 g/mol. The molecule has 6 heteroatoms. The maximum Gasteiger partial charge on any atom is 0.165 e. The molecule has 0 radical (unpaired) electrons. The molecule has 0 aliphatic heterocycles. The number of nitrogens with zero attached hydrogens (tertiary/aromatic N) is 2. The molecule has 2 rings (SSSR count). The van der Waals surface area contributed by atoms with Crippen LogP contribution in [0.5, 0.6) is 5.75 Å². The predicted octanol–water partition coefficient (Wildman–Crippen LogP) is 1.87. The summed E-state index contributed by atoms with van der Waals surface area (Å²) in [5, 5.41) is 3.18. The summed E-state index contributed by atoms with van der Waals surface area (Å²) in [4.78, 5) is 4.16. The lowest BCUT2D eigenvalue weighted by Gasteiger charge is -2.13. The molecule has 0 unspecified atom stereocenters. The van der Waals surface area contributed by atoms with Crippen molar-refractivity contribution in [3.63, 3.8) is 0 Å². The highest BCUT2D eigenvalue weighted by Crippen LogP contribution is 2.23. The van der Waals surface area contributed by atoms with Crippen molar-refractivity contribution in [3.8, 4) is 5.75 Å². The molecule has 0 amide bonds. The lowest BCUT2D eigenvalue weighted by molar-refractivity contribution is 0.199. The highest BCUT2D eigenvalue weighted by atomic mass is 19.1. The van der Waals surface area contributed by atoms with Crippen molar-refractivity contribution in [2.75, 3.05) is 20.3 Å². The van der Waals surface area contributed by atoms with Gasteiger partial charge < -0.3 is 19.4 Å². The van der Waals surface area contributed by atoms with Crippen LogP contribution < -0.4 is 10.1 Å². The number of benzene rings is 1. The van der Waals surface area contributed by atoms with Crippen LogP contribution in [0.4, 0.5) is 4.39 Å². The van der Waals surface area contributed by atoms with Gasteiger partial charge in [-0.2, -0.15) is 0 Å². The maximum atomic E-state index is 14.0. The molecule has 2 aromatic rings. The molecule has 1 heterocycles. The standard InChI is InChI=1S/C15H20FN3O2/c1-19-8-6-18-14(19)11-21-15-12(4-3-5-13(15)16)10-17-7-9-20-2/h3-6,8,17H,7,9-11H2,1-2H3. The van der Waals surface area contributed by atoms with E-state index in [0.29, 0.717) is 19.7 Å². The van der Waals surface area contributed by atoms with Crippen LogP contribution in [-0.4, -0.2) is 29.8 Å². The van der Waals surface area contributed by atoms with E-state index in [0.717, 1.165) is 11.4 Å². The van der Waals surface area contributed by atoms with E-state index in [-0.39, 0.29) is 18.2 Å². The van der Waals surface area contributed by atoms with Crippen LogP contribution >= 0.6 is 0 Å². The Labute approximate surface area is 123 Å². The average Bonchev–Trinajstić information content (AvgIpc) is 2.88. The van der Waals surface area contributed by atoms with Crippen LogP contribution in [0.25, 0.3) is 0 Å². The molecule has 0 saturated carbocycles. The van der Waals surface area contributed by atoms with Gasteiger partial charge in [0.2, 0.25) is 0 Å². The van der Waals surface area contributed by atoms with E-state index in [9.17, 15) is 4.39 Å². The lowest BCUT2D eigenvalue weighted by Crippen LogP contribution is -2.19. The van der Waals surface area contributed by atoms with Crippen LogP contribution in [0.15, 0.2) is 30.6 Å². The van der Waals surface area contributed by atoms with Gasteiger partial charge in [-0.05, 0) is 6.07 Å². The van der Waals surface area contributed by atoms with Gasteiger partial charge in [0.05, 0.1) is 6.61 Å². The molecule has 0 fully saturated rings. The lowest BCUT2D eigenvalue weighted by atomic mass is 10.2. The number of hydrogen-bond donors (Lipinski definition) is 1. The summed E-state index contributed by atoms with van der Waals surface area (Å²) in [6, 6.07) is 4.92. The number of hydrogen-bond acceptors (Lipinski definition) is 4. The normalized spacial score (nSPS) is 10.8. The van der Waals surface area contributed by atoms with E-state index in [1.165, 1.54) is 6.07 Å². The van der Waals surface area contributed by atoms with Crippen molar-refractivity contribution in [3.05, 3.63) is 47.8 Å². The fourth-order valence-electron chi connectivity index (χ4n) is 1.92. The largest absolute Gasteiger partial charge is 0.482 e. The molecule has 1 aromatic carbocycles. The van der Waals surface area contributed by atoms with Crippen molar-refractivity contribution in [2.24, 2.45) is 7.05 Å². The smallest absolute Gasteiger partial charge is 0.165 e. The van der Waals surface area contributed by atoms with Gasteiger partial charge in [0.25, 0.3) is 0 Å². The van der Waals surface area contributed by atoms with Gasteiger partial charge >= 0.3 is 0 Å². The molecule has 0 atom stereocenters. The topological polar surface area (TPSA) is 48.3 Å². The number of aryl methyl sites for hydroxylation is 1. The van der Waals surface area contributed by atoms with Gasteiger partial charge in [-0.15, -0.1) is 0 Å². The first-order valence-corrected chi connectivity index (χ1v) is 6.78. The summed E-state index contributed by atoms with van der Waals surface area (Å²) in [5.74, 6) is 0.650. The Kier molecular flexibility index (Phi) is 5.71. The van der Waals surface area contributed by atoms with Crippen LogP contribution in [-0.2, 0) is 24.9 Å². The van der Waals surface area contributed by atoms with Crippen molar-refractivity contribution in [1.82, 2.24) is 14.9 Å². The van der Waals surface area contributed by atoms with E-state index >= 15 is 0 Å². The molecular formula is C15H20FN3O2. The number of rotatable bonds is 8. The zero-order valence-electron chi connectivity index (χ0n) is 12.3. The Morgan fingerprint density at radius 3 is 2.95 bits per heavy atom. The third-order valence-corrected chi connectivity index (χ3v) is 3.11. The van der Waals surface area contributed by atoms with Gasteiger partial charge in [-0.3, -0.25) is 0 Å². The zero-order valence-corrected chi connectivity index (χ0v) is 12.3. The van der Waals surface area contributed by atoms with E-state index in [1.54, 1.807) is 19.4 Å². The zero-order chi connectivity index (χ0) is 15.1. The van der Waals surface area contributed by atoms with E-state index in [2.05, 4.69) is 10.3 Å². The molecule has 5 nitrogen and oxygen atoms in total. The molecule has 21 heavy (non-hydrogen) atoms. The van der Waals surface area contributed by atoms with Crippen molar-refractivity contribution in [2.45, 2.75) is 13.2 Å². The summed E-state index contributed by atoms with van der Waals surface area (Å²) in [5.41, 5.74) is 0.778. The van der Waals surface area contributed by atoms with Crippen molar-refractivity contribution >= 4 is 0 Å². The quantitative estimate of drug-likeness (QED) is 0.755. The second kappa shape index (κ2) is 7.75. The Hall–Kier alpha value is -1.92. The highest BCUT2D eigenvalue weighted by Gasteiger charge is 2.11. The third-order valence-electron chi connectivity index (χ3n) is 3.11. The minimum Gasteiger partial charge on any atom is -0.482 e. The van der Waals surface area contributed by atoms with Gasteiger partial charge in [0.15, 0.2) is 11.6 Å². The van der Waals surface area contributed by atoms with Crippen LogP contribution in [0.1, 0.15) is 11.4 Å². The number of nitrogens with one attached hydrogen (secondary N) is 1. The summed E-state index contributed by atoms with van der Waals surface area (Å²) < 4.78 is 26.4. The Morgan fingerprint density at radius 2 is 2.24 bits per heavy atom. The number of imidazole rings is 1. The summed E-state index contributed by atoms with van der Waals surface area (Å²) in [7, 11) is 3.52. The molecule has 0 aliphatic carbocycles. The summed E-state index contributed by atoms with van der Waals surface area (Å²) >= 11 is 0. The van der Waals surface area contributed by atoms with Gasteiger partial charge in [0, 0.05) is 45.2 Å². The minimum atomic E-state index is -0.366. The Bertz CT molecular complexity index is 572. The first-order chi connectivity index (χ1) is 10.2. The predicted molar refractivity (Wildman–Crippen MR) is 77.5 cm³/mol.